The fraction of sp³-hybridized carbons (Fsp3) is 0.136. The topological polar surface area (TPSA) is 115 Å². The number of thiophene rings is 1. The van der Waals surface area contributed by atoms with E-state index in [0.29, 0.717) is 16.6 Å². The molecule has 0 aliphatic heterocycles. The van der Waals surface area contributed by atoms with E-state index in [0.717, 1.165) is 21.6 Å². The van der Waals surface area contributed by atoms with Crippen molar-refractivity contribution in [1.29, 1.82) is 0 Å². The van der Waals surface area contributed by atoms with Crippen LogP contribution in [0.25, 0.3) is 10.2 Å². The summed E-state index contributed by atoms with van der Waals surface area (Å²) in [4.78, 5) is 28.2. The molecule has 0 fully saturated rings. The van der Waals surface area contributed by atoms with Crippen LogP contribution in [0.5, 0.6) is 5.75 Å². The highest BCUT2D eigenvalue weighted by molar-refractivity contribution is 7.94. The van der Waals surface area contributed by atoms with Crippen molar-refractivity contribution < 1.29 is 27.5 Å². The highest BCUT2D eigenvalue weighted by atomic mass is 32.2. The molecule has 0 saturated heterocycles. The first-order valence-electron chi connectivity index (χ1n) is 9.89. The molecule has 0 spiro atoms. The molecule has 2 aromatic carbocycles. The van der Waals surface area contributed by atoms with E-state index in [1.807, 2.05) is 24.3 Å². The quantitative estimate of drug-likeness (QED) is 0.336. The predicted molar refractivity (Wildman–Crippen MR) is 131 cm³/mol. The zero-order valence-corrected chi connectivity index (χ0v) is 20.3. The zero-order valence-electron chi connectivity index (χ0n) is 17.8. The van der Waals surface area contributed by atoms with Gasteiger partial charge in [-0.2, -0.15) is 0 Å². The number of aromatic nitrogens is 1. The minimum absolute atomic E-state index is 0.241. The summed E-state index contributed by atoms with van der Waals surface area (Å²) < 4.78 is 37.8. The predicted octanol–water partition coefficient (Wildman–Crippen LogP) is 3.74. The van der Waals surface area contributed by atoms with Crippen LogP contribution < -0.4 is 14.4 Å². The molecule has 2 aromatic heterocycles. The molecule has 1 N–H and O–H groups in total. The number of rotatable bonds is 9. The van der Waals surface area contributed by atoms with Crippen molar-refractivity contribution in [2.24, 2.45) is 0 Å². The van der Waals surface area contributed by atoms with Gasteiger partial charge in [0.2, 0.25) is 0 Å². The highest BCUT2D eigenvalue weighted by Crippen LogP contribution is 2.27. The molecule has 0 unspecified atom stereocenters. The van der Waals surface area contributed by atoms with Gasteiger partial charge in [-0.05, 0) is 47.8 Å². The molecule has 0 radical (unpaired) electrons. The lowest BCUT2D eigenvalue weighted by atomic mass is 10.3. The number of esters is 1. The summed E-state index contributed by atoms with van der Waals surface area (Å²) in [5.41, 5.74) is 1.21. The zero-order chi connectivity index (χ0) is 24.1. The van der Waals surface area contributed by atoms with Crippen molar-refractivity contribution in [3.05, 3.63) is 66.0 Å². The number of amides is 1. The van der Waals surface area contributed by atoms with Crippen molar-refractivity contribution in [3.63, 3.8) is 0 Å². The summed E-state index contributed by atoms with van der Waals surface area (Å²) >= 11 is 2.46. The van der Waals surface area contributed by atoms with Gasteiger partial charge in [0.1, 0.15) is 9.96 Å². The number of nitrogens with zero attached hydrogens (tertiary/aromatic N) is 2. The third kappa shape index (κ3) is 5.53. The number of thiazole rings is 1. The average molecular weight is 518 g/mol. The van der Waals surface area contributed by atoms with Gasteiger partial charge in [0, 0.05) is 7.05 Å². The van der Waals surface area contributed by atoms with Crippen molar-refractivity contribution in [2.75, 3.05) is 29.9 Å². The van der Waals surface area contributed by atoms with Crippen LogP contribution in [0.3, 0.4) is 0 Å². The van der Waals surface area contributed by atoms with E-state index in [1.54, 1.807) is 41.8 Å². The molecular formula is C22H19N3O6S3. The number of sulfonamides is 1. The van der Waals surface area contributed by atoms with E-state index in [4.69, 9.17) is 9.47 Å². The lowest BCUT2D eigenvalue weighted by Gasteiger charge is -2.18. The monoisotopic (exact) mass is 517 g/mol. The number of benzene rings is 2. The molecule has 0 aliphatic carbocycles. The van der Waals surface area contributed by atoms with Gasteiger partial charge in [0.25, 0.3) is 15.9 Å². The smallest absolute Gasteiger partial charge is 0.344 e. The fourth-order valence-corrected chi connectivity index (χ4v) is 6.09. The number of ether oxygens (including phenoxy) is 2. The third-order valence-electron chi connectivity index (χ3n) is 4.57. The Hall–Kier alpha value is -3.48. The van der Waals surface area contributed by atoms with Crippen LogP contribution in [0.4, 0.5) is 10.8 Å². The summed E-state index contributed by atoms with van der Waals surface area (Å²) in [5.74, 6) is -0.880. The molecule has 176 valence electrons. The van der Waals surface area contributed by atoms with Gasteiger partial charge in [-0.3, -0.25) is 14.4 Å². The van der Waals surface area contributed by atoms with Gasteiger partial charge in [-0.15, -0.1) is 11.3 Å². The Morgan fingerprint density at radius 3 is 2.50 bits per heavy atom. The lowest BCUT2D eigenvalue weighted by molar-refractivity contribution is -0.149. The Kier molecular flexibility index (Phi) is 7.10. The van der Waals surface area contributed by atoms with Gasteiger partial charge < -0.3 is 9.47 Å². The number of para-hydroxylation sites is 1. The van der Waals surface area contributed by atoms with Gasteiger partial charge >= 0.3 is 5.97 Å². The number of hydrogen-bond acceptors (Lipinski definition) is 9. The second-order valence-electron chi connectivity index (χ2n) is 6.88. The van der Waals surface area contributed by atoms with Crippen molar-refractivity contribution >= 4 is 65.6 Å². The number of fused-ring (bicyclic) bond motifs is 1. The molecule has 2 heterocycles. The summed E-state index contributed by atoms with van der Waals surface area (Å²) in [5, 5.41) is 4.71. The second-order valence-corrected chi connectivity index (χ2v) is 11.1. The third-order valence-corrected chi connectivity index (χ3v) is 8.68. The molecule has 34 heavy (non-hydrogen) atoms. The van der Waals surface area contributed by atoms with E-state index in [9.17, 15) is 18.0 Å². The minimum Gasteiger partial charge on any atom is -0.482 e. The van der Waals surface area contributed by atoms with Gasteiger partial charge in [0.05, 0.1) is 15.9 Å². The molecule has 0 bridgehead atoms. The van der Waals surface area contributed by atoms with E-state index in [2.05, 4.69) is 10.3 Å². The van der Waals surface area contributed by atoms with E-state index in [1.165, 1.54) is 22.7 Å². The SMILES string of the molecule is CN(c1ccc(OCC(=O)OCC(=O)Nc2nc3ccccc3s2)cc1)S(=O)(=O)c1cccs1. The molecule has 0 aliphatic rings. The van der Waals surface area contributed by atoms with E-state index >= 15 is 0 Å². The molecule has 0 atom stereocenters. The molecule has 4 rings (SSSR count). The summed E-state index contributed by atoms with van der Waals surface area (Å²) in [6.07, 6.45) is 0. The molecule has 4 aromatic rings. The second kappa shape index (κ2) is 10.2. The largest absolute Gasteiger partial charge is 0.482 e. The van der Waals surface area contributed by atoms with Crippen LogP contribution >= 0.6 is 22.7 Å². The Labute approximate surface area is 203 Å². The molecule has 0 saturated carbocycles. The van der Waals surface area contributed by atoms with E-state index < -0.39 is 35.1 Å². The Morgan fingerprint density at radius 2 is 1.79 bits per heavy atom. The van der Waals surface area contributed by atoms with Crippen molar-refractivity contribution in [3.8, 4) is 5.75 Å². The molecular weight excluding hydrogens is 498 g/mol. The number of hydrogen-bond donors (Lipinski definition) is 1. The van der Waals surface area contributed by atoms with Crippen molar-refractivity contribution in [1.82, 2.24) is 4.98 Å². The van der Waals surface area contributed by atoms with Gasteiger partial charge in [-0.25, -0.2) is 18.2 Å². The maximum absolute atomic E-state index is 12.6. The first kappa shape index (κ1) is 23.7. The highest BCUT2D eigenvalue weighted by Gasteiger charge is 2.22. The average Bonchev–Trinajstić information content (AvgIpc) is 3.51. The molecule has 9 nitrogen and oxygen atoms in total. The van der Waals surface area contributed by atoms with Crippen LogP contribution in [-0.4, -0.2) is 45.5 Å². The number of carbonyl (C=O) groups is 2. The van der Waals surface area contributed by atoms with Crippen molar-refractivity contribution in [2.45, 2.75) is 4.21 Å². The number of nitrogens with one attached hydrogen (secondary N) is 1. The fourth-order valence-electron chi connectivity index (χ4n) is 2.85. The van der Waals surface area contributed by atoms with Gasteiger partial charge in [-0.1, -0.05) is 29.5 Å². The minimum atomic E-state index is -3.64. The van der Waals surface area contributed by atoms with Crippen LogP contribution in [-0.2, 0) is 24.3 Å². The van der Waals surface area contributed by atoms with Crippen LogP contribution in [0.2, 0.25) is 0 Å². The Balaban J connectivity index is 1.24. The first-order chi connectivity index (χ1) is 16.3. The van der Waals surface area contributed by atoms with E-state index in [-0.39, 0.29) is 4.21 Å². The number of carbonyl (C=O) groups excluding carboxylic acids is 2. The maximum Gasteiger partial charge on any atom is 0.344 e. The summed E-state index contributed by atoms with van der Waals surface area (Å²) in [6, 6.07) is 16.9. The molecule has 1 amide bonds. The lowest BCUT2D eigenvalue weighted by Crippen LogP contribution is -2.25. The Bertz CT molecular complexity index is 1370. The number of anilines is 2. The van der Waals surface area contributed by atoms with Crippen LogP contribution in [0.15, 0.2) is 70.3 Å². The molecule has 12 heteroatoms. The van der Waals surface area contributed by atoms with Crippen LogP contribution in [0.1, 0.15) is 0 Å². The first-order valence-corrected chi connectivity index (χ1v) is 13.0. The normalized spacial score (nSPS) is 11.2. The maximum atomic E-state index is 12.6. The Morgan fingerprint density at radius 1 is 1.03 bits per heavy atom. The van der Waals surface area contributed by atoms with Gasteiger partial charge in [0.15, 0.2) is 18.3 Å². The summed E-state index contributed by atoms with van der Waals surface area (Å²) in [7, 11) is -2.18. The van der Waals surface area contributed by atoms with Crippen LogP contribution in [0, 0.1) is 0 Å². The summed E-state index contributed by atoms with van der Waals surface area (Å²) in [6.45, 7) is -0.875. The standard InChI is InChI=1S/C22H19N3O6S3/c1-25(34(28,29)21-7-4-12-32-21)15-8-10-16(11-9-15)30-14-20(27)31-13-19(26)24-22-23-17-5-2-3-6-18(17)33-22/h2-12H,13-14H2,1H3,(H,23,24,26).